The average molecular weight is 249 g/mol. The molecule has 0 radical (unpaired) electrons. The predicted molar refractivity (Wildman–Crippen MR) is 63.9 cm³/mol. The Labute approximate surface area is 100 Å². The minimum absolute atomic E-state index is 0. The standard InChI is InChI=1S/C10H16N2O3.ClH/c11-5-1-2-7(12)6-3-4-8(13)10(15)9(6)14;/h3-4,7,13-15H,1-2,5,11-12H2;1H/t7-;/m1./s1. The average Bonchev–Trinajstić information content (AvgIpc) is 2.23. The summed E-state index contributed by atoms with van der Waals surface area (Å²) >= 11 is 0. The number of hydrogen-bond acceptors (Lipinski definition) is 5. The van der Waals surface area contributed by atoms with Crippen LogP contribution in [0.4, 0.5) is 0 Å². The van der Waals surface area contributed by atoms with Crippen molar-refractivity contribution in [3.8, 4) is 17.2 Å². The van der Waals surface area contributed by atoms with Gasteiger partial charge in [0.2, 0.25) is 5.75 Å². The van der Waals surface area contributed by atoms with Crippen LogP contribution < -0.4 is 11.5 Å². The highest BCUT2D eigenvalue weighted by Gasteiger charge is 2.15. The second-order valence-corrected chi connectivity index (χ2v) is 3.41. The Hall–Kier alpha value is -1.17. The minimum Gasteiger partial charge on any atom is -0.504 e. The molecule has 0 aromatic heterocycles. The van der Waals surface area contributed by atoms with Gasteiger partial charge in [-0.25, -0.2) is 0 Å². The van der Waals surface area contributed by atoms with E-state index in [0.717, 1.165) is 6.42 Å². The Balaban J connectivity index is 0.00000225. The van der Waals surface area contributed by atoms with E-state index >= 15 is 0 Å². The normalized spacial score (nSPS) is 11.9. The van der Waals surface area contributed by atoms with Crippen LogP contribution in [0.5, 0.6) is 17.2 Å². The van der Waals surface area contributed by atoms with Crippen molar-refractivity contribution in [2.45, 2.75) is 18.9 Å². The lowest BCUT2D eigenvalue weighted by molar-refractivity contribution is 0.362. The van der Waals surface area contributed by atoms with Gasteiger partial charge in [-0.2, -0.15) is 0 Å². The van der Waals surface area contributed by atoms with Crippen LogP contribution in [0.15, 0.2) is 12.1 Å². The molecule has 0 fully saturated rings. The Morgan fingerprint density at radius 3 is 2.31 bits per heavy atom. The van der Waals surface area contributed by atoms with Crippen LogP contribution in [0.2, 0.25) is 0 Å². The lowest BCUT2D eigenvalue weighted by atomic mass is 10.0. The molecule has 7 N–H and O–H groups in total. The second kappa shape index (κ2) is 6.42. The van der Waals surface area contributed by atoms with Gasteiger partial charge in [0.05, 0.1) is 0 Å². The SMILES string of the molecule is Cl.NCCC[C@@H](N)c1ccc(O)c(O)c1O. The van der Waals surface area contributed by atoms with E-state index in [9.17, 15) is 10.2 Å². The van der Waals surface area contributed by atoms with Gasteiger partial charge in [0.25, 0.3) is 0 Å². The number of halogens is 1. The molecule has 0 aliphatic carbocycles. The Morgan fingerprint density at radius 2 is 1.75 bits per heavy atom. The van der Waals surface area contributed by atoms with E-state index in [1.165, 1.54) is 12.1 Å². The zero-order valence-corrected chi connectivity index (χ0v) is 9.57. The molecule has 6 heteroatoms. The van der Waals surface area contributed by atoms with E-state index in [0.29, 0.717) is 18.5 Å². The summed E-state index contributed by atoms with van der Waals surface area (Å²) in [5, 5.41) is 27.9. The van der Waals surface area contributed by atoms with Crippen molar-refractivity contribution in [3.05, 3.63) is 17.7 Å². The Kier molecular flexibility index (Phi) is 5.95. The molecule has 0 saturated heterocycles. The lowest BCUT2D eigenvalue weighted by Gasteiger charge is -2.14. The first-order valence-electron chi connectivity index (χ1n) is 4.77. The fourth-order valence-electron chi connectivity index (χ4n) is 1.38. The summed E-state index contributed by atoms with van der Waals surface area (Å²) in [4.78, 5) is 0. The van der Waals surface area contributed by atoms with Gasteiger partial charge in [0, 0.05) is 11.6 Å². The molecule has 0 amide bonds. The van der Waals surface area contributed by atoms with Crippen LogP contribution >= 0.6 is 12.4 Å². The van der Waals surface area contributed by atoms with Gasteiger partial charge < -0.3 is 26.8 Å². The van der Waals surface area contributed by atoms with E-state index in [1.54, 1.807) is 0 Å². The number of rotatable bonds is 4. The van der Waals surface area contributed by atoms with Gasteiger partial charge in [-0.3, -0.25) is 0 Å². The zero-order valence-electron chi connectivity index (χ0n) is 8.76. The zero-order chi connectivity index (χ0) is 11.4. The van der Waals surface area contributed by atoms with Crippen LogP contribution in [0, 0.1) is 0 Å². The summed E-state index contributed by atoms with van der Waals surface area (Å²) in [5.41, 5.74) is 11.5. The summed E-state index contributed by atoms with van der Waals surface area (Å²) in [6.07, 6.45) is 1.36. The summed E-state index contributed by atoms with van der Waals surface area (Å²) < 4.78 is 0. The number of benzene rings is 1. The van der Waals surface area contributed by atoms with Crippen molar-refractivity contribution >= 4 is 12.4 Å². The summed E-state index contributed by atoms with van der Waals surface area (Å²) in [6.45, 7) is 0.526. The van der Waals surface area contributed by atoms with E-state index < -0.39 is 5.75 Å². The smallest absolute Gasteiger partial charge is 0.200 e. The molecule has 1 aromatic carbocycles. The van der Waals surface area contributed by atoms with Crippen LogP contribution in [-0.2, 0) is 0 Å². The number of nitrogens with two attached hydrogens (primary N) is 2. The predicted octanol–water partition coefficient (Wildman–Crippen LogP) is 0.964. The van der Waals surface area contributed by atoms with E-state index in [1.807, 2.05) is 0 Å². The van der Waals surface area contributed by atoms with Gasteiger partial charge in [-0.1, -0.05) is 0 Å². The highest BCUT2D eigenvalue weighted by atomic mass is 35.5. The van der Waals surface area contributed by atoms with Gasteiger partial charge >= 0.3 is 0 Å². The number of phenols is 3. The molecule has 1 atom stereocenters. The van der Waals surface area contributed by atoms with Gasteiger partial charge in [-0.05, 0) is 31.5 Å². The van der Waals surface area contributed by atoms with Crippen LogP contribution in [0.3, 0.4) is 0 Å². The van der Waals surface area contributed by atoms with E-state index in [-0.39, 0.29) is 29.9 Å². The molecule has 0 heterocycles. The van der Waals surface area contributed by atoms with Crippen molar-refractivity contribution < 1.29 is 15.3 Å². The molecule has 0 spiro atoms. The fourth-order valence-corrected chi connectivity index (χ4v) is 1.38. The first kappa shape index (κ1) is 14.8. The molecule has 0 aliphatic rings. The third-order valence-electron chi connectivity index (χ3n) is 2.28. The number of aromatic hydroxyl groups is 3. The summed E-state index contributed by atoms with van der Waals surface area (Å²) in [7, 11) is 0. The summed E-state index contributed by atoms with van der Waals surface area (Å²) in [5.74, 6) is -1.25. The van der Waals surface area contributed by atoms with Gasteiger partial charge in [-0.15, -0.1) is 12.4 Å². The summed E-state index contributed by atoms with van der Waals surface area (Å²) in [6, 6.07) is 2.40. The van der Waals surface area contributed by atoms with Crippen molar-refractivity contribution in [2.24, 2.45) is 11.5 Å². The highest BCUT2D eigenvalue weighted by Crippen LogP contribution is 2.39. The Morgan fingerprint density at radius 1 is 1.12 bits per heavy atom. The largest absolute Gasteiger partial charge is 0.504 e. The number of phenolic OH excluding ortho intramolecular Hbond substituents is 3. The van der Waals surface area contributed by atoms with Crippen molar-refractivity contribution in [3.63, 3.8) is 0 Å². The molecule has 1 rings (SSSR count). The maximum atomic E-state index is 9.53. The van der Waals surface area contributed by atoms with E-state index in [4.69, 9.17) is 16.6 Å². The Bertz CT molecular complexity index is 347. The third kappa shape index (κ3) is 3.16. The van der Waals surface area contributed by atoms with Crippen molar-refractivity contribution in [2.75, 3.05) is 6.54 Å². The first-order chi connectivity index (χ1) is 7.07. The highest BCUT2D eigenvalue weighted by molar-refractivity contribution is 5.85. The molecule has 0 aliphatic heterocycles. The lowest BCUT2D eigenvalue weighted by Crippen LogP contribution is -2.12. The molecule has 5 nitrogen and oxygen atoms in total. The molecular weight excluding hydrogens is 232 g/mol. The minimum atomic E-state index is -0.532. The quantitative estimate of drug-likeness (QED) is 0.510. The maximum absolute atomic E-state index is 9.53. The van der Waals surface area contributed by atoms with Gasteiger partial charge in [0.15, 0.2) is 11.5 Å². The van der Waals surface area contributed by atoms with Crippen molar-refractivity contribution in [1.82, 2.24) is 0 Å². The molecular formula is C10H17ClN2O3. The molecule has 0 bridgehead atoms. The van der Waals surface area contributed by atoms with Crippen LogP contribution in [-0.4, -0.2) is 21.9 Å². The van der Waals surface area contributed by atoms with Crippen LogP contribution in [0.1, 0.15) is 24.4 Å². The molecule has 1 aromatic rings. The molecule has 92 valence electrons. The maximum Gasteiger partial charge on any atom is 0.200 e. The molecule has 0 saturated carbocycles. The van der Waals surface area contributed by atoms with Gasteiger partial charge in [0.1, 0.15) is 0 Å². The van der Waals surface area contributed by atoms with E-state index in [2.05, 4.69) is 0 Å². The third-order valence-corrected chi connectivity index (χ3v) is 2.28. The molecule has 16 heavy (non-hydrogen) atoms. The topological polar surface area (TPSA) is 113 Å². The molecule has 0 unspecified atom stereocenters. The number of hydrogen-bond donors (Lipinski definition) is 5. The second-order valence-electron chi connectivity index (χ2n) is 3.41. The van der Waals surface area contributed by atoms with Crippen LogP contribution in [0.25, 0.3) is 0 Å². The monoisotopic (exact) mass is 248 g/mol. The first-order valence-corrected chi connectivity index (χ1v) is 4.77. The van der Waals surface area contributed by atoms with Crippen molar-refractivity contribution in [1.29, 1.82) is 0 Å². The fraction of sp³-hybridized carbons (Fsp3) is 0.400.